The van der Waals surface area contributed by atoms with Crippen molar-refractivity contribution in [2.45, 2.75) is 19.4 Å². The van der Waals surface area contributed by atoms with Crippen molar-refractivity contribution in [3.63, 3.8) is 0 Å². The third-order valence-corrected chi connectivity index (χ3v) is 4.55. The largest absolute Gasteiger partial charge is 0.495 e. The van der Waals surface area contributed by atoms with E-state index in [9.17, 15) is 5.11 Å². The van der Waals surface area contributed by atoms with E-state index < -0.39 is 6.10 Å². The highest BCUT2D eigenvalue weighted by Crippen LogP contribution is 2.42. The van der Waals surface area contributed by atoms with Gasteiger partial charge in [0.05, 0.1) is 24.8 Å². The number of hydrogen-bond acceptors (Lipinski definition) is 6. The third-order valence-electron chi connectivity index (χ3n) is 2.98. The summed E-state index contributed by atoms with van der Waals surface area (Å²) >= 11 is 4.63. The summed E-state index contributed by atoms with van der Waals surface area (Å²) < 4.78 is 15.2. The van der Waals surface area contributed by atoms with Gasteiger partial charge in [0.25, 0.3) is 0 Å². The number of ether oxygens (including phenoxy) is 2. The van der Waals surface area contributed by atoms with Crippen molar-refractivity contribution in [3.8, 4) is 11.5 Å². The van der Waals surface area contributed by atoms with Gasteiger partial charge in [-0.25, -0.2) is 0 Å². The molecule has 5 nitrogen and oxygen atoms in total. The molecule has 0 saturated carbocycles. The van der Waals surface area contributed by atoms with Crippen molar-refractivity contribution < 1.29 is 14.6 Å². The first-order valence-corrected chi connectivity index (χ1v) is 7.60. The molecule has 0 amide bonds. The number of methoxy groups -OCH3 is 2. The molecule has 108 valence electrons. The smallest absolute Gasteiger partial charge is 0.142 e. The highest BCUT2D eigenvalue weighted by molar-refractivity contribution is 9.10. The topological polar surface area (TPSA) is 64.5 Å². The van der Waals surface area contributed by atoms with Gasteiger partial charge in [-0.3, -0.25) is 0 Å². The molecule has 0 spiro atoms. The lowest BCUT2D eigenvalue weighted by Crippen LogP contribution is -2.04. The van der Waals surface area contributed by atoms with Crippen LogP contribution in [0.15, 0.2) is 16.6 Å². The van der Waals surface area contributed by atoms with E-state index in [0.717, 1.165) is 17.0 Å². The quantitative estimate of drug-likeness (QED) is 0.889. The molecule has 1 aromatic carbocycles. The predicted molar refractivity (Wildman–Crippen MR) is 80.6 cm³/mol. The number of rotatable bonds is 5. The second-order valence-corrected chi connectivity index (χ2v) is 5.62. The molecule has 2 aromatic rings. The molecule has 2 rings (SSSR count). The monoisotopic (exact) mass is 358 g/mol. The van der Waals surface area contributed by atoms with Crippen LogP contribution in [0.25, 0.3) is 0 Å². The number of hydrogen-bond donors (Lipinski definition) is 1. The SMILES string of the molecule is CCc1nnsc1C(O)c1ccc(OC)c(Br)c1OC. The maximum Gasteiger partial charge on any atom is 0.142 e. The zero-order chi connectivity index (χ0) is 14.7. The summed E-state index contributed by atoms with van der Waals surface area (Å²) in [6, 6.07) is 3.57. The lowest BCUT2D eigenvalue weighted by Gasteiger charge is -2.17. The Labute approximate surface area is 129 Å². The van der Waals surface area contributed by atoms with Crippen LogP contribution in [0.5, 0.6) is 11.5 Å². The number of aromatic nitrogens is 2. The number of benzene rings is 1. The summed E-state index contributed by atoms with van der Waals surface area (Å²) in [7, 11) is 3.14. The fourth-order valence-electron chi connectivity index (χ4n) is 1.94. The van der Waals surface area contributed by atoms with Gasteiger partial charge in [-0.15, -0.1) is 5.10 Å². The summed E-state index contributed by atoms with van der Waals surface area (Å²) in [5, 5.41) is 14.6. The lowest BCUT2D eigenvalue weighted by molar-refractivity contribution is 0.216. The van der Waals surface area contributed by atoms with Crippen LogP contribution in [0.2, 0.25) is 0 Å². The van der Waals surface area contributed by atoms with Gasteiger partial charge in [-0.05, 0) is 46.0 Å². The van der Waals surface area contributed by atoms with Gasteiger partial charge in [0.2, 0.25) is 0 Å². The molecule has 1 atom stereocenters. The molecule has 0 fully saturated rings. The molecular weight excluding hydrogens is 344 g/mol. The lowest BCUT2D eigenvalue weighted by atomic mass is 10.0. The molecule has 0 radical (unpaired) electrons. The molecule has 0 saturated heterocycles. The van der Waals surface area contributed by atoms with E-state index in [-0.39, 0.29) is 0 Å². The average molecular weight is 359 g/mol. The van der Waals surface area contributed by atoms with Crippen LogP contribution in [0, 0.1) is 0 Å². The highest BCUT2D eigenvalue weighted by Gasteiger charge is 2.24. The van der Waals surface area contributed by atoms with Crippen LogP contribution in [-0.4, -0.2) is 28.9 Å². The van der Waals surface area contributed by atoms with E-state index in [2.05, 4.69) is 25.5 Å². The molecule has 20 heavy (non-hydrogen) atoms. The van der Waals surface area contributed by atoms with Gasteiger partial charge < -0.3 is 14.6 Å². The summed E-state index contributed by atoms with van der Waals surface area (Å²) in [6.45, 7) is 1.98. The second-order valence-electron chi connectivity index (χ2n) is 4.04. The number of nitrogens with zero attached hydrogens (tertiary/aromatic N) is 2. The van der Waals surface area contributed by atoms with Gasteiger partial charge in [0, 0.05) is 5.56 Å². The Bertz CT molecular complexity index is 603. The number of aliphatic hydroxyl groups is 1. The summed E-state index contributed by atoms with van der Waals surface area (Å²) in [4.78, 5) is 0.739. The van der Waals surface area contributed by atoms with E-state index in [1.165, 1.54) is 11.5 Å². The Morgan fingerprint density at radius 3 is 2.70 bits per heavy atom. The van der Waals surface area contributed by atoms with Crippen LogP contribution >= 0.6 is 27.5 Å². The number of aliphatic hydroxyl groups excluding tert-OH is 1. The average Bonchev–Trinajstić information content (AvgIpc) is 2.94. The summed E-state index contributed by atoms with van der Waals surface area (Å²) in [5.41, 5.74) is 1.46. The molecule has 7 heteroatoms. The van der Waals surface area contributed by atoms with Crippen LogP contribution in [0.1, 0.15) is 29.2 Å². The Hall–Kier alpha value is -1.18. The normalized spacial score (nSPS) is 12.2. The van der Waals surface area contributed by atoms with E-state index >= 15 is 0 Å². The van der Waals surface area contributed by atoms with Gasteiger partial charge in [0.15, 0.2) is 0 Å². The molecule has 0 aliphatic heterocycles. The maximum absolute atomic E-state index is 10.6. The Kier molecular flexibility index (Phi) is 4.95. The molecule has 1 heterocycles. The van der Waals surface area contributed by atoms with E-state index in [1.807, 2.05) is 6.92 Å². The molecule has 0 bridgehead atoms. The van der Waals surface area contributed by atoms with E-state index in [0.29, 0.717) is 21.5 Å². The van der Waals surface area contributed by atoms with Crippen LogP contribution < -0.4 is 9.47 Å². The molecule has 0 aliphatic rings. The standard InChI is InChI=1S/C13H15BrN2O3S/c1-4-8-13(20-16-15-8)11(17)7-5-6-9(18-2)10(14)12(7)19-3/h5-6,11,17H,4H2,1-3H3. The van der Waals surface area contributed by atoms with Gasteiger partial charge in [-0.2, -0.15) is 0 Å². The number of halogens is 1. The fourth-order valence-corrected chi connectivity index (χ4v) is 3.37. The molecule has 0 aliphatic carbocycles. The minimum atomic E-state index is -0.817. The maximum atomic E-state index is 10.6. The number of aryl methyl sites for hydroxylation is 1. The zero-order valence-electron chi connectivity index (χ0n) is 11.4. The van der Waals surface area contributed by atoms with Gasteiger partial charge in [0.1, 0.15) is 22.1 Å². The minimum absolute atomic E-state index is 0.548. The van der Waals surface area contributed by atoms with Crippen LogP contribution in [-0.2, 0) is 6.42 Å². The van der Waals surface area contributed by atoms with Crippen LogP contribution in [0.4, 0.5) is 0 Å². The van der Waals surface area contributed by atoms with Crippen molar-refractivity contribution in [2.75, 3.05) is 14.2 Å². The molecular formula is C13H15BrN2O3S. The Balaban J connectivity index is 2.49. The Morgan fingerprint density at radius 1 is 1.35 bits per heavy atom. The molecule has 1 aromatic heterocycles. The van der Waals surface area contributed by atoms with Gasteiger partial charge >= 0.3 is 0 Å². The fraction of sp³-hybridized carbons (Fsp3) is 0.385. The first-order valence-electron chi connectivity index (χ1n) is 6.03. The van der Waals surface area contributed by atoms with E-state index in [1.54, 1.807) is 26.4 Å². The first kappa shape index (κ1) is 15.2. The summed E-state index contributed by atoms with van der Waals surface area (Å²) in [6.07, 6.45) is -0.0928. The van der Waals surface area contributed by atoms with Crippen molar-refractivity contribution >= 4 is 27.5 Å². The highest BCUT2D eigenvalue weighted by atomic mass is 79.9. The van der Waals surface area contributed by atoms with Crippen molar-refractivity contribution in [3.05, 3.63) is 32.7 Å². The van der Waals surface area contributed by atoms with E-state index in [4.69, 9.17) is 9.47 Å². The van der Waals surface area contributed by atoms with Crippen molar-refractivity contribution in [1.82, 2.24) is 9.59 Å². The van der Waals surface area contributed by atoms with Gasteiger partial charge in [-0.1, -0.05) is 11.4 Å². The second kappa shape index (κ2) is 6.51. The summed E-state index contributed by atoms with van der Waals surface area (Å²) in [5.74, 6) is 1.20. The molecule has 1 N–H and O–H groups in total. The Morgan fingerprint density at radius 2 is 2.10 bits per heavy atom. The minimum Gasteiger partial charge on any atom is -0.495 e. The van der Waals surface area contributed by atoms with Crippen LogP contribution in [0.3, 0.4) is 0 Å². The first-order chi connectivity index (χ1) is 9.63. The third kappa shape index (κ3) is 2.65. The van der Waals surface area contributed by atoms with Crippen molar-refractivity contribution in [2.24, 2.45) is 0 Å². The zero-order valence-corrected chi connectivity index (χ0v) is 13.8. The predicted octanol–water partition coefficient (Wildman–Crippen LogP) is 2.96. The van der Waals surface area contributed by atoms with Crippen molar-refractivity contribution in [1.29, 1.82) is 0 Å². The molecule has 1 unspecified atom stereocenters.